The van der Waals surface area contributed by atoms with Crippen LogP contribution in [0, 0.1) is 0 Å². The SMILES string of the molecule is CCCCCCCCCCCCCCCCCC(=O)[O-].CCCCCCCCCCCCCCCCCC(=O)[O-].C[CH](C)[Sn+2][CH](C)C. The van der Waals surface area contributed by atoms with Gasteiger partial charge in [0.25, 0.3) is 0 Å². The molecular formula is C42H84O4Sn. The number of unbranched alkanes of at least 4 members (excludes halogenated alkanes) is 28. The van der Waals surface area contributed by atoms with Gasteiger partial charge in [-0.25, -0.2) is 0 Å². The van der Waals surface area contributed by atoms with Crippen molar-refractivity contribution in [2.75, 3.05) is 0 Å². The Morgan fingerprint density at radius 2 is 0.532 bits per heavy atom. The summed E-state index contributed by atoms with van der Waals surface area (Å²) in [6.07, 6.45) is 39.7. The van der Waals surface area contributed by atoms with Crippen LogP contribution in [0.15, 0.2) is 0 Å². The molecule has 0 saturated carbocycles. The van der Waals surface area contributed by atoms with E-state index in [9.17, 15) is 19.8 Å². The summed E-state index contributed by atoms with van der Waals surface area (Å²) in [5, 5.41) is 20.4. The van der Waals surface area contributed by atoms with Crippen molar-refractivity contribution in [1.82, 2.24) is 0 Å². The van der Waals surface area contributed by atoms with Gasteiger partial charge in [0.15, 0.2) is 0 Å². The minimum absolute atomic E-state index is 0.0389. The van der Waals surface area contributed by atoms with Crippen LogP contribution in [0.2, 0.25) is 7.87 Å². The summed E-state index contributed by atoms with van der Waals surface area (Å²) in [5.41, 5.74) is 0. The molecule has 0 aliphatic heterocycles. The monoisotopic (exact) mass is 773 g/mol. The summed E-state index contributed by atoms with van der Waals surface area (Å²) >= 11 is 0.0389. The van der Waals surface area contributed by atoms with Gasteiger partial charge >= 0.3 is 56.7 Å². The number of carboxylic acids is 2. The van der Waals surface area contributed by atoms with Crippen LogP contribution in [0.5, 0.6) is 0 Å². The van der Waals surface area contributed by atoms with Gasteiger partial charge in [-0.2, -0.15) is 0 Å². The maximum absolute atomic E-state index is 10.2. The van der Waals surface area contributed by atoms with Crippen molar-refractivity contribution >= 4 is 33.1 Å². The van der Waals surface area contributed by atoms with E-state index in [-0.39, 0.29) is 34.0 Å². The average Bonchev–Trinajstić information content (AvgIpc) is 3.00. The topological polar surface area (TPSA) is 80.3 Å². The number of carbonyl (C=O) groups excluding carboxylic acids is 2. The Hall–Kier alpha value is -0.261. The molecule has 0 rings (SSSR count). The van der Waals surface area contributed by atoms with E-state index in [4.69, 9.17) is 0 Å². The number of carbonyl (C=O) groups is 2. The molecule has 5 heteroatoms. The molecule has 0 spiro atoms. The first-order valence-electron chi connectivity index (χ1n) is 20.8. The average molecular weight is 772 g/mol. The second-order valence-electron chi connectivity index (χ2n) is 14.6. The Morgan fingerprint density at radius 3 is 0.660 bits per heavy atom. The van der Waals surface area contributed by atoms with Crippen molar-refractivity contribution in [3.8, 4) is 0 Å². The van der Waals surface area contributed by atoms with Crippen LogP contribution in [0.4, 0.5) is 0 Å². The van der Waals surface area contributed by atoms with Gasteiger partial charge in [-0.3, -0.25) is 0 Å². The number of rotatable bonds is 34. The molecule has 0 N–H and O–H groups in total. The van der Waals surface area contributed by atoms with Crippen molar-refractivity contribution in [1.29, 1.82) is 0 Å². The fraction of sp³-hybridized carbons (Fsp3) is 0.952. The quantitative estimate of drug-likeness (QED) is 0.0482. The predicted octanol–water partition coefficient (Wildman–Crippen LogP) is 12.3. The molecule has 0 aromatic carbocycles. The molecule has 0 aromatic heterocycles. The molecule has 0 heterocycles. The molecule has 0 amide bonds. The number of carboxylic acid groups (broad SMARTS) is 2. The summed E-state index contributed by atoms with van der Waals surface area (Å²) < 4.78 is 2.09. The van der Waals surface area contributed by atoms with Crippen LogP contribution in [0.1, 0.15) is 247 Å². The van der Waals surface area contributed by atoms with Gasteiger partial charge in [0, 0.05) is 11.9 Å². The zero-order valence-corrected chi connectivity index (χ0v) is 35.8. The van der Waals surface area contributed by atoms with E-state index in [1.54, 1.807) is 0 Å². The fourth-order valence-corrected chi connectivity index (χ4v) is 9.75. The Bertz CT molecular complexity index is 543. The van der Waals surface area contributed by atoms with E-state index in [0.29, 0.717) is 0 Å². The normalized spacial score (nSPS) is 10.7. The van der Waals surface area contributed by atoms with E-state index in [1.807, 2.05) is 0 Å². The Balaban J connectivity index is -0.000000685. The third-order valence-corrected chi connectivity index (χ3v) is 12.4. The molecule has 0 fully saturated rings. The van der Waals surface area contributed by atoms with E-state index in [2.05, 4.69) is 41.5 Å². The molecule has 0 unspecified atom stereocenters. The first kappa shape index (κ1) is 51.1. The van der Waals surface area contributed by atoms with Gasteiger partial charge in [0.1, 0.15) is 0 Å². The number of hydrogen-bond donors (Lipinski definition) is 0. The van der Waals surface area contributed by atoms with Crippen LogP contribution in [-0.4, -0.2) is 33.1 Å². The first-order chi connectivity index (χ1) is 22.7. The molecule has 0 aliphatic rings. The van der Waals surface area contributed by atoms with E-state index >= 15 is 0 Å². The van der Waals surface area contributed by atoms with Crippen molar-refractivity contribution in [3.05, 3.63) is 0 Å². The Labute approximate surface area is 306 Å². The molecule has 0 aromatic rings. The standard InChI is InChI=1S/2C18H36O2.2C3H7.Sn/c2*1-2-3-4-5-6-7-8-9-10-11-12-13-14-15-16-17-18(19)20;2*1-3-2;/h2*2-17H2,1H3,(H,19,20);2*3H,1-2H3;/q;;;;+2/p-2. The molecule has 0 atom stereocenters. The predicted molar refractivity (Wildman–Crippen MR) is 205 cm³/mol. The van der Waals surface area contributed by atoms with Crippen molar-refractivity contribution < 1.29 is 19.8 Å². The molecule has 0 radical (unpaired) electrons. The molecule has 47 heavy (non-hydrogen) atoms. The summed E-state index contributed by atoms with van der Waals surface area (Å²) in [6, 6.07) is 0. The molecule has 4 nitrogen and oxygen atoms in total. The van der Waals surface area contributed by atoms with E-state index < -0.39 is 11.9 Å². The number of aliphatic carboxylic acids is 2. The molecule has 0 aliphatic carbocycles. The molecule has 0 bridgehead atoms. The second kappa shape index (κ2) is 45.7. The molecular weight excluding hydrogens is 687 g/mol. The third-order valence-electron chi connectivity index (χ3n) is 8.64. The van der Waals surface area contributed by atoms with E-state index in [0.717, 1.165) is 33.6 Å². The third kappa shape index (κ3) is 61.4. The first-order valence-corrected chi connectivity index (χ1v) is 24.1. The van der Waals surface area contributed by atoms with Gasteiger partial charge < -0.3 is 19.8 Å². The summed E-state index contributed by atoms with van der Waals surface area (Å²) in [4.78, 5) is 20.4. The summed E-state index contributed by atoms with van der Waals surface area (Å²) in [5.74, 6) is -1.81. The van der Waals surface area contributed by atoms with Gasteiger partial charge in [-0.15, -0.1) is 0 Å². The van der Waals surface area contributed by atoms with Crippen LogP contribution >= 0.6 is 0 Å². The zero-order chi connectivity index (χ0) is 35.6. The van der Waals surface area contributed by atoms with Gasteiger partial charge in [-0.05, 0) is 25.7 Å². The van der Waals surface area contributed by atoms with Gasteiger partial charge in [0.2, 0.25) is 0 Å². The molecule has 280 valence electrons. The van der Waals surface area contributed by atoms with Crippen LogP contribution in [0.25, 0.3) is 0 Å². The molecule has 0 saturated heterocycles. The minimum atomic E-state index is -0.903. The maximum atomic E-state index is 10.2. The van der Waals surface area contributed by atoms with Crippen LogP contribution in [-0.2, 0) is 9.59 Å². The van der Waals surface area contributed by atoms with Gasteiger partial charge in [0.05, 0.1) is 0 Å². The number of hydrogen-bond acceptors (Lipinski definition) is 4. The zero-order valence-electron chi connectivity index (χ0n) is 32.9. The van der Waals surface area contributed by atoms with Crippen molar-refractivity contribution in [2.45, 2.75) is 255 Å². The second-order valence-corrected chi connectivity index (χ2v) is 22.2. The van der Waals surface area contributed by atoms with Gasteiger partial charge in [-0.1, -0.05) is 194 Å². The Morgan fingerprint density at radius 1 is 0.362 bits per heavy atom. The summed E-state index contributed by atoms with van der Waals surface area (Å²) in [6.45, 7) is 13.9. The fourth-order valence-electron chi connectivity index (χ4n) is 5.95. The Kier molecular flexibility index (Phi) is 49.7. The van der Waals surface area contributed by atoms with Crippen molar-refractivity contribution in [2.24, 2.45) is 0 Å². The van der Waals surface area contributed by atoms with Crippen molar-refractivity contribution in [3.63, 3.8) is 0 Å². The summed E-state index contributed by atoms with van der Waals surface area (Å²) in [7, 11) is 0. The van der Waals surface area contributed by atoms with E-state index in [1.165, 1.54) is 167 Å². The van der Waals surface area contributed by atoms with Crippen LogP contribution in [0.3, 0.4) is 0 Å². The van der Waals surface area contributed by atoms with Crippen LogP contribution < -0.4 is 10.2 Å².